The second-order valence-corrected chi connectivity index (χ2v) is 4.46. The zero-order valence-corrected chi connectivity index (χ0v) is 10.5. The molecule has 1 unspecified atom stereocenters. The summed E-state index contributed by atoms with van der Waals surface area (Å²) in [6, 6.07) is 10.1. The summed E-state index contributed by atoms with van der Waals surface area (Å²) in [5, 5.41) is 18.1. The summed E-state index contributed by atoms with van der Waals surface area (Å²) in [6.45, 7) is 2.44. The van der Waals surface area contributed by atoms with Crippen LogP contribution in [0.2, 0.25) is 0 Å². The van der Waals surface area contributed by atoms with Crippen molar-refractivity contribution in [2.24, 2.45) is 0 Å². The summed E-state index contributed by atoms with van der Waals surface area (Å²) in [5.41, 5.74) is 2.02. The summed E-state index contributed by atoms with van der Waals surface area (Å²) < 4.78 is 2.08. The van der Waals surface area contributed by atoms with Gasteiger partial charge >= 0.3 is 0 Å². The second kappa shape index (κ2) is 5.65. The molecule has 2 aromatic rings. The molecular weight excluding hydrogens is 226 g/mol. The van der Waals surface area contributed by atoms with Gasteiger partial charge in [-0.15, -0.1) is 0 Å². The van der Waals surface area contributed by atoms with Gasteiger partial charge in [-0.25, -0.2) is 4.98 Å². The lowest BCUT2D eigenvalue weighted by Gasteiger charge is -2.08. The highest BCUT2D eigenvalue weighted by molar-refractivity contribution is 5.75. The predicted molar refractivity (Wildman–Crippen MR) is 70.0 cm³/mol. The van der Waals surface area contributed by atoms with Gasteiger partial charge in [0.1, 0.15) is 5.82 Å². The normalized spacial score (nSPS) is 12.5. The Morgan fingerprint density at radius 3 is 2.94 bits per heavy atom. The van der Waals surface area contributed by atoms with Gasteiger partial charge in [0, 0.05) is 13.0 Å². The molecule has 1 heterocycles. The maximum Gasteiger partial charge on any atom is 0.109 e. The number of hydrogen-bond acceptors (Lipinski definition) is 3. The molecule has 0 amide bonds. The molecule has 18 heavy (non-hydrogen) atoms. The molecule has 0 aliphatic rings. The van der Waals surface area contributed by atoms with Crippen molar-refractivity contribution in [2.45, 2.75) is 38.8 Å². The van der Waals surface area contributed by atoms with Crippen LogP contribution in [0.25, 0.3) is 11.0 Å². The van der Waals surface area contributed by atoms with Crippen molar-refractivity contribution in [3.8, 4) is 6.07 Å². The number of para-hydroxylation sites is 2. The molecule has 2 rings (SSSR count). The lowest BCUT2D eigenvalue weighted by Crippen LogP contribution is -2.08. The number of imidazole rings is 1. The molecule has 4 nitrogen and oxygen atoms in total. The van der Waals surface area contributed by atoms with E-state index in [0.29, 0.717) is 19.4 Å². The van der Waals surface area contributed by atoms with E-state index in [1.807, 2.05) is 24.3 Å². The molecule has 0 bridgehead atoms. The van der Waals surface area contributed by atoms with Gasteiger partial charge in [0.25, 0.3) is 0 Å². The summed E-state index contributed by atoms with van der Waals surface area (Å²) in [7, 11) is 0. The van der Waals surface area contributed by atoms with Crippen LogP contribution < -0.4 is 0 Å². The zero-order chi connectivity index (χ0) is 13.0. The van der Waals surface area contributed by atoms with Gasteiger partial charge in [0.05, 0.1) is 29.6 Å². The topological polar surface area (TPSA) is 61.8 Å². The summed E-state index contributed by atoms with van der Waals surface area (Å²) in [4.78, 5) is 4.58. The summed E-state index contributed by atoms with van der Waals surface area (Å²) in [6.07, 6.45) is 1.57. The molecule has 0 saturated heterocycles. The van der Waals surface area contributed by atoms with Crippen molar-refractivity contribution in [3.63, 3.8) is 0 Å². The van der Waals surface area contributed by atoms with Crippen molar-refractivity contribution < 1.29 is 5.11 Å². The predicted octanol–water partition coefficient (Wildman–Crippen LogP) is 2.26. The Hall–Kier alpha value is -1.86. The molecule has 0 fully saturated rings. The third kappa shape index (κ3) is 2.69. The van der Waals surface area contributed by atoms with Gasteiger partial charge < -0.3 is 9.67 Å². The lowest BCUT2D eigenvalue weighted by atomic mass is 10.2. The van der Waals surface area contributed by atoms with Crippen LogP contribution in [0, 0.1) is 11.3 Å². The Labute approximate surface area is 106 Å². The van der Waals surface area contributed by atoms with E-state index < -0.39 is 0 Å². The van der Waals surface area contributed by atoms with Crippen LogP contribution in [0.1, 0.15) is 25.6 Å². The van der Waals surface area contributed by atoms with E-state index in [-0.39, 0.29) is 6.10 Å². The molecule has 0 saturated carbocycles. The van der Waals surface area contributed by atoms with Crippen LogP contribution in [0.5, 0.6) is 0 Å². The number of hydrogen-bond donors (Lipinski definition) is 1. The molecule has 1 N–H and O–H groups in total. The maximum absolute atomic E-state index is 9.37. The Bertz CT molecular complexity index is 566. The molecule has 0 aliphatic carbocycles. The van der Waals surface area contributed by atoms with Crippen LogP contribution in [0.4, 0.5) is 0 Å². The molecule has 1 aromatic heterocycles. The molecular formula is C14H17N3O. The fourth-order valence-electron chi connectivity index (χ4n) is 2.07. The number of fused-ring (bicyclic) bond motifs is 1. The van der Waals surface area contributed by atoms with Crippen molar-refractivity contribution >= 4 is 11.0 Å². The van der Waals surface area contributed by atoms with Crippen molar-refractivity contribution in [2.75, 3.05) is 0 Å². The number of benzene rings is 1. The first-order chi connectivity index (χ1) is 8.72. The standard InChI is InChI=1S/C14H17N3O/c1-11(18)7-8-14-16-12-5-2-3-6-13(12)17(14)10-4-9-15/h2-3,5-6,11,18H,4,7-8,10H2,1H3. The minimum Gasteiger partial charge on any atom is -0.393 e. The fourth-order valence-corrected chi connectivity index (χ4v) is 2.07. The summed E-state index contributed by atoms with van der Waals surface area (Å²) >= 11 is 0. The average Bonchev–Trinajstić information content (AvgIpc) is 2.71. The SMILES string of the molecule is CC(O)CCc1nc2ccccc2n1CCC#N. The number of aliphatic hydroxyl groups excluding tert-OH is 1. The number of aliphatic hydroxyl groups is 1. The van der Waals surface area contributed by atoms with Crippen LogP contribution in [0.3, 0.4) is 0 Å². The van der Waals surface area contributed by atoms with Crippen molar-refractivity contribution in [1.29, 1.82) is 5.26 Å². The summed E-state index contributed by atoms with van der Waals surface area (Å²) in [5.74, 6) is 0.951. The quantitative estimate of drug-likeness (QED) is 0.876. The van der Waals surface area contributed by atoms with Crippen LogP contribution in [0.15, 0.2) is 24.3 Å². The molecule has 0 aliphatic heterocycles. The average molecular weight is 243 g/mol. The first kappa shape index (κ1) is 12.6. The minimum absolute atomic E-state index is 0.325. The monoisotopic (exact) mass is 243 g/mol. The Morgan fingerprint density at radius 1 is 1.44 bits per heavy atom. The van der Waals surface area contributed by atoms with E-state index in [0.717, 1.165) is 23.3 Å². The van der Waals surface area contributed by atoms with E-state index in [1.165, 1.54) is 0 Å². The second-order valence-electron chi connectivity index (χ2n) is 4.46. The Morgan fingerprint density at radius 2 is 2.22 bits per heavy atom. The first-order valence-corrected chi connectivity index (χ1v) is 6.21. The number of nitriles is 1. The van der Waals surface area contributed by atoms with Crippen molar-refractivity contribution in [3.05, 3.63) is 30.1 Å². The van der Waals surface area contributed by atoms with Crippen LogP contribution in [-0.4, -0.2) is 20.8 Å². The Balaban J connectivity index is 2.34. The number of rotatable bonds is 5. The first-order valence-electron chi connectivity index (χ1n) is 6.21. The molecule has 1 aromatic carbocycles. The zero-order valence-electron chi connectivity index (χ0n) is 10.5. The van der Waals surface area contributed by atoms with Crippen molar-refractivity contribution in [1.82, 2.24) is 9.55 Å². The van der Waals surface area contributed by atoms with E-state index >= 15 is 0 Å². The van der Waals surface area contributed by atoms with E-state index in [9.17, 15) is 5.11 Å². The van der Waals surface area contributed by atoms with Gasteiger partial charge in [-0.2, -0.15) is 5.26 Å². The molecule has 0 radical (unpaired) electrons. The lowest BCUT2D eigenvalue weighted by molar-refractivity contribution is 0.184. The highest BCUT2D eigenvalue weighted by atomic mass is 16.3. The highest BCUT2D eigenvalue weighted by Gasteiger charge is 2.10. The number of aromatic nitrogens is 2. The van der Waals surface area contributed by atoms with Gasteiger partial charge in [-0.05, 0) is 25.5 Å². The van der Waals surface area contributed by atoms with Gasteiger partial charge in [0.15, 0.2) is 0 Å². The van der Waals surface area contributed by atoms with Crippen LogP contribution >= 0.6 is 0 Å². The minimum atomic E-state index is -0.325. The van der Waals surface area contributed by atoms with E-state index in [1.54, 1.807) is 6.92 Å². The number of aryl methyl sites for hydroxylation is 2. The fraction of sp³-hybridized carbons (Fsp3) is 0.429. The van der Waals surface area contributed by atoms with Gasteiger partial charge in [0.2, 0.25) is 0 Å². The highest BCUT2D eigenvalue weighted by Crippen LogP contribution is 2.18. The third-order valence-corrected chi connectivity index (χ3v) is 2.97. The van der Waals surface area contributed by atoms with Gasteiger partial charge in [-0.3, -0.25) is 0 Å². The molecule has 0 spiro atoms. The molecule has 94 valence electrons. The number of nitrogens with zero attached hydrogens (tertiary/aromatic N) is 3. The van der Waals surface area contributed by atoms with E-state index in [4.69, 9.17) is 5.26 Å². The maximum atomic E-state index is 9.37. The molecule has 1 atom stereocenters. The molecule has 4 heteroatoms. The van der Waals surface area contributed by atoms with Gasteiger partial charge in [-0.1, -0.05) is 12.1 Å². The largest absolute Gasteiger partial charge is 0.393 e. The van der Waals surface area contributed by atoms with Crippen LogP contribution in [-0.2, 0) is 13.0 Å². The smallest absolute Gasteiger partial charge is 0.109 e. The third-order valence-electron chi connectivity index (χ3n) is 2.97. The Kier molecular flexibility index (Phi) is 3.96. The van der Waals surface area contributed by atoms with E-state index in [2.05, 4.69) is 15.6 Å².